The third-order valence-corrected chi connectivity index (χ3v) is 7.61. The Hall–Kier alpha value is -3.32. The molecule has 2 aliphatic rings. The van der Waals surface area contributed by atoms with Gasteiger partial charge in [0.25, 0.3) is 5.69 Å². The van der Waals surface area contributed by atoms with Gasteiger partial charge in [-0.2, -0.15) is 0 Å². The van der Waals surface area contributed by atoms with Crippen LogP contribution >= 0.6 is 23.4 Å². The standard InChI is InChI=1S/C24H31ClN8O4S/c1-3-26-24(35)32-13-12-31(15-17(32)2)21-14-20(25)27-23(28-21)38-16-22(34)30-10-8-29(9-11-30)18-4-6-19(7-5-18)33(36)37/h4-7,14,17H,3,8-13,15-16H2,1-2H3,(H,26,35)/t17-/m0/s1. The number of nitrogens with zero attached hydrogens (tertiary/aromatic N) is 7. The number of rotatable bonds is 7. The highest BCUT2D eigenvalue weighted by atomic mass is 35.5. The van der Waals surface area contributed by atoms with E-state index in [9.17, 15) is 19.7 Å². The van der Waals surface area contributed by atoms with Gasteiger partial charge in [0.15, 0.2) is 5.16 Å². The summed E-state index contributed by atoms with van der Waals surface area (Å²) in [6.07, 6.45) is 0. The number of carbonyl (C=O) groups is 2. The van der Waals surface area contributed by atoms with Crippen molar-refractivity contribution >= 4 is 52.5 Å². The number of thioether (sulfide) groups is 1. The van der Waals surface area contributed by atoms with Gasteiger partial charge in [-0.25, -0.2) is 14.8 Å². The van der Waals surface area contributed by atoms with Crippen molar-refractivity contribution in [3.63, 3.8) is 0 Å². The van der Waals surface area contributed by atoms with Crippen molar-refractivity contribution in [2.75, 3.05) is 67.9 Å². The van der Waals surface area contributed by atoms with Gasteiger partial charge in [-0.1, -0.05) is 23.4 Å². The predicted molar refractivity (Wildman–Crippen MR) is 147 cm³/mol. The van der Waals surface area contributed by atoms with Crippen LogP contribution in [0.2, 0.25) is 5.15 Å². The van der Waals surface area contributed by atoms with Crippen molar-refractivity contribution in [1.82, 2.24) is 25.1 Å². The van der Waals surface area contributed by atoms with E-state index in [1.54, 1.807) is 18.2 Å². The van der Waals surface area contributed by atoms with E-state index >= 15 is 0 Å². The highest BCUT2D eigenvalue weighted by molar-refractivity contribution is 7.99. The summed E-state index contributed by atoms with van der Waals surface area (Å²) in [5, 5.41) is 14.5. The summed E-state index contributed by atoms with van der Waals surface area (Å²) in [6.45, 7) is 8.71. The van der Waals surface area contributed by atoms with Crippen LogP contribution < -0.4 is 15.1 Å². The lowest BCUT2D eigenvalue weighted by Crippen LogP contribution is -2.56. The Morgan fingerprint density at radius 2 is 1.79 bits per heavy atom. The number of carbonyl (C=O) groups excluding carboxylic acids is 2. The monoisotopic (exact) mass is 562 g/mol. The normalized spacial score (nSPS) is 17.9. The van der Waals surface area contributed by atoms with Gasteiger partial charge in [0, 0.05) is 82.3 Å². The molecule has 0 unspecified atom stereocenters. The van der Waals surface area contributed by atoms with Gasteiger partial charge in [0.1, 0.15) is 11.0 Å². The topological polar surface area (TPSA) is 128 Å². The molecule has 38 heavy (non-hydrogen) atoms. The second-order valence-corrected chi connectivity index (χ2v) is 10.4. The van der Waals surface area contributed by atoms with Crippen molar-refractivity contribution in [3.05, 3.63) is 45.6 Å². The molecular weight excluding hydrogens is 532 g/mol. The van der Waals surface area contributed by atoms with Crippen LogP contribution in [-0.2, 0) is 4.79 Å². The van der Waals surface area contributed by atoms with Crippen LogP contribution in [0.1, 0.15) is 13.8 Å². The highest BCUT2D eigenvalue weighted by Crippen LogP contribution is 2.25. The number of hydrogen-bond acceptors (Lipinski definition) is 9. The molecule has 2 fully saturated rings. The summed E-state index contributed by atoms with van der Waals surface area (Å²) in [5.41, 5.74) is 0.959. The predicted octanol–water partition coefficient (Wildman–Crippen LogP) is 2.72. The van der Waals surface area contributed by atoms with Crippen LogP contribution in [0.25, 0.3) is 0 Å². The zero-order valence-corrected chi connectivity index (χ0v) is 23.0. The molecule has 0 spiro atoms. The van der Waals surface area contributed by atoms with E-state index in [-0.39, 0.29) is 29.4 Å². The molecule has 0 aliphatic carbocycles. The average Bonchev–Trinajstić information content (AvgIpc) is 2.91. The molecule has 1 aromatic heterocycles. The highest BCUT2D eigenvalue weighted by Gasteiger charge is 2.28. The molecule has 2 aliphatic heterocycles. The van der Waals surface area contributed by atoms with Gasteiger partial charge in [0.05, 0.1) is 10.7 Å². The quantitative estimate of drug-likeness (QED) is 0.178. The number of piperazine rings is 2. The minimum Gasteiger partial charge on any atom is -0.368 e. The Balaban J connectivity index is 1.29. The first-order valence-electron chi connectivity index (χ1n) is 12.5. The van der Waals surface area contributed by atoms with Crippen molar-refractivity contribution in [2.24, 2.45) is 0 Å². The maximum atomic E-state index is 12.9. The first-order valence-corrected chi connectivity index (χ1v) is 13.9. The molecule has 0 bridgehead atoms. The third kappa shape index (κ3) is 6.76. The Labute approximate surface area is 230 Å². The summed E-state index contributed by atoms with van der Waals surface area (Å²) in [5.74, 6) is 0.866. The number of urea groups is 1. The van der Waals surface area contributed by atoms with Gasteiger partial charge >= 0.3 is 6.03 Å². The Morgan fingerprint density at radius 3 is 2.42 bits per heavy atom. The van der Waals surface area contributed by atoms with E-state index in [0.29, 0.717) is 68.5 Å². The van der Waals surface area contributed by atoms with Crippen LogP contribution in [0.4, 0.5) is 22.0 Å². The maximum Gasteiger partial charge on any atom is 0.317 e. The number of benzene rings is 1. The van der Waals surface area contributed by atoms with Crippen LogP contribution in [0.15, 0.2) is 35.5 Å². The second kappa shape index (κ2) is 12.5. The third-order valence-electron chi connectivity index (χ3n) is 6.58. The minimum atomic E-state index is -0.417. The van der Waals surface area contributed by atoms with E-state index in [4.69, 9.17) is 11.6 Å². The van der Waals surface area contributed by atoms with Crippen molar-refractivity contribution in [2.45, 2.75) is 25.0 Å². The summed E-state index contributed by atoms with van der Waals surface area (Å²) >= 11 is 7.54. The fourth-order valence-electron chi connectivity index (χ4n) is 4.55. The van der Waals surface area contributed by atoms with E-state index in [1.807, 2.05) is 23.6 Å². The lowest BCUT2D eigenvalue weighted by molar-refractivity contribution is -0.384. The Bertz CT molecular complexity index is 1160. The van der Waals surface area contributed by atoms with Crippen molar-refractivity contribution in [1.29, 1.82) is 0 Å². The molecule has 2 aromatic rings. The Kier molecular flexibility index (Phi) is 9.10. The molecule has 14 heteroatoms. The molecular formula is C24H31ClN8O4S. The summed E-state index contributed by atoms with van der Waals surface area (Å²) in [4.78, 5) is 52.3. The lowest BCUT2D eigenvalue weighted by atomic mass is 10.2. The van der Waals surface area contributed by atoms with Crippen LogP contribution in [-0.4, -0.2) is 101 Å². The SMILES string of the molecule is CCNC(=O)N1CCN(c2cc(Cl)nc(SCC(=O)N3CCN(c4ccc([N+](=O)[O-])cc4)CC3)n2)C[C@@H]1C. The number of hydrogen-bond donors (Lipinski definition) is 1. The fourth-order valence-corrected chi connectivity index (χ4v) is 5.53. The number of aromatic nitrogens is 2. The van der Waals surface area contributed by atoms with Gasteiger partial charge in [-0.15, -0.1) is 0 Å². The van der Waals surface area contributed by atoms with E-state index < -0.39 is 4.92 Å². The molecule has 0 saturated carbocycles. The number of nitro benzene ring substituents is 1. The molecule has 1 N–H and O–H groups in total. The second-order valence-electron chi connectivity index (χ2n) is 9.09. The van der Waals surface area contributed by atoms with Gasteiger partial charge in [-0.3, -0.25) is 14.9 Å². The molecule has 1 atom stereocenters. The average molecular weight is 563 g/mol. The first kappa shape index (κ1) is 27.7. The number of nitrogens with one attached hydrogen (secondary N) is 1. The van der Waals surface area contributed by atoms with Gasteiger partial charge in [0.2, 0.25) is 5.91 Å². The zero-order valence-electron chi connectivity index (χ0n) is 21.4. The van der Waals surface area contributed by atoms with Gasteiger partial charge < -0.3 is 24.9 Å². The first-order chi connectivity index (χ1) is 18.2. The number of anilines is 2. The molecule has 3 amide bonds. The molecule has 12 nitrogen and oxygen atoms in total. The number of nitro groups is 1. The number of halogens is 1. The summed E-state index contributed by atoms with van der Waals surface area (Å²) < 4.78 is 0. The van der Waals surface area contributed by atoms with Crippen molar-refractivity contribution in [3.8, 4) is 0 Å². The van der Waals surface area contributed by atoms with Crippen LogP contribution in [0, 0.1) is 10.1 Å². The maximum absolute atomic E-state index is 12.9. The minimum absolute atomic E-state index is 0.00592. The number of amides is 3. The van der Waals surface area contributed by atoms with E-state index in [0.717, 1.165) is 5.69 Å². The summed E-state index contributed by atoms with van der Waals surface area (Å²) in [7, 11) is 0. The number of non-ortho nitro benzene ring substituents is 1. The largest absolute Gasteiger partial charge is 0.368 e. The molecule has 0 radical (unpaired) electrons. The van der Waals surface area contributed by atoms with Gasteiger partial charge in [-0.05, 0) is 26.0 Å². The molecule has 204 valence electrons. The zero-order chi connectivity index (χ0) is 27.2. The van der Waals surface area contributed by atoms with Crippen LogP contribution in [0.5, 0.6) is 0 Å². The molecule has 4 rings (SSSR count). The smallest absolute Gasteiger partial charge is 0.317 e. The molecule has 2 saturated heterocycles. The summed E-state index contributed by atoms with van der Waals surface area (Å²) in [6, 6.07) is 8.11. The van der Waals surface area contributed by atoms with Crippen LogP contribution in [0.3, 0.4) is 0 Å². The Morgan fingerprint density at radius 1 is 1.11 bits per heavy atom. The molecule has 1 aromatic carbocycles. The molecule has 3 heterocycles. The van der Waals surface area contributed by atoms with E-state index in [2.05, 4.69) is 25.1 Å². The lowest BCUT2D eigenvalue weighted by Gasteiger charge is -2.40. The van der Waals surface area contributed by atoms with E-state index in [1.165, 1.54) is 23.9 Å². The fraction of sp³-hybridized carbons (Fsp3) is 0.500. The van der Waals surface area contributed by atoms with Crippen molar-refractivity contribution < 1.29 is 14.5 Å².